The number of carboxylic acids is 1. The van der Waals surface area contributed by atoms with Crippen molar-refractivity contribution in [2.45, 2.75) is 19.1 Å². The smallest absolute Gasteiger partial charge is 0.355 e. The Bertz CT molecular complexity index is 449. The van der Waals surface area contributed by atoms with Crippen LogP contribution in [0.5, 0.6) is 0 Å². The van der Waals surface area contributed by atoms with Crippen LogP contribution in [-0.4, -0.2) is 39.9 Å². The van der Waals surface area contributed by atoms with Crippen LogP contribution in [0.15, 0.2) is 30.3 Å². The van der Waals surface area contributed by atoms with Crippen LogP contribution in [0.1, 0.15) is 12.8 Å². The van der Waals surface area contributed by atoms with E-state index in [1.165, 1.54) is 5.01 Å². The highest BCUT2D eigenvalue weighted by atomic mass is 16.4. The van der Waals surface area contributed by atoms with Crippen LogP contribution in [0.2, 0.25) is 0 Å². The lowest BCUT2D eigenvalue weighted by Crippen LogP contribution is -2.58. The number of carbonyl (C=O) groups excluding carboxylic acids is 1. The van der Waals surface area contributed by atoms with Crippen LogP contribution in [0.25, 0.3) is 0 Å². The summed E-state index contributed by atoms with van der Waals surface area (Å²) in [5.41, 5.74) is 0.686. The molecule has 6 nitrogen and oxygen atoms in total. The van der Waals surface area contributed by atoms with Gasteiger partial charge >= 0.3 is 5.97 Å². The molecule has 0 unspecified atom stereocenters. The summed E-state index contributed by atoms with van der Waals surface area (Å²) < 4.78 is 0. The predicted molar refractivity (Wildman–Crippen MR) is 63.5 cm³/mol. The molecule has 1 saturated heterocycles. The van der Waals surface area contributed by atoms with Crippen LogP contribution in [0.3, 0.4) is 0 Å². The van der Waals surface area contributed by atoms with E-state index in [4.69, 9.17) is 5.11 Å². The molecule has 1 amide bonds. The molecule has 0 bridgehead atoms. The fourth-order valence-corrected chi connectivity index (χ4v) is 1.96. The van der Waals surface area contributed by atoms with Gasteiger partial charge in [0.15, 0.2) is 0 Å². The highest BCUT2D eigenvalue weighted by molar-refractivity contribution is 5.85. The van der Waals surface area contributed by atoms with Gasteiger partial charge in [0.1, 0.15) is 0 Å². The number of rotatable bonds is 3. The molecule has 0 saturated carbocycles. The largest absolute Gasteiger partial charge is 0.478 e. The molecule has 1 aromatic rings. The molecule has 2 rings (SSSR count). The van der Waals surface area contributed by atoms with Crippen molar-refractivity contribution >= 4 is 17.6 Å². The van der Waals surface area contributed by atoms with Crippen molar-refractivity contribution in [1.29, 1.82) is 0 Å². The third kappa shape index (κ3) is 2.28. The van der Waals surface area contributed by atoms with Gasteiger partial charge in [0, 0.05) is 13.0 Å². The summed E-state index contributed by atoms with van der Waals surface area (Å²) in [5.74, 6) is -1.83. The number of carbonyl (C=O) groups is 2. The summed E-state index contributed by atoms with van der Waals surface area (Å²) in [6.45, 7) is 0.500. The number of amides is 1. The predicted octanol–water partition coefficient (Wildman–Crippen LogP) is 0.433. The number of carboxylic acid groups (broad SMARTS) is 1. The van der Waals surface area contributed by atoms with Crippen molar-refractivity contribution in [3.63, 3.8) is 0 Å². The van der Waals surface area contributed by atoms with E-state index in [0.29, 0.717) is 18.7 Å². The van der Waals surface area contributed by atoms with Crippen molar-refractivity contribution in [3.8, 4) is 0 Å². The molecule has 0 spiro atoms. The minimum absolute atomic E-state index is 0.244. The zero-order valence-corrected chi connectivity index (χ0v) is 9.69. The summed E-state index contributed by atoms with van der Waals surface area (Å²) in [5, 5.41) is 20.9. The fourth-order valence-electron chi connectivity index (χ4n) is 1.96. The van der Waals surface area contributed by atoms with Crippen LogP contribution in [0.4, 0.5) is 5.69 Å². The number of aliphatic carboxylic acids is 1. The highest BCUT2D eigenvalue weighted by Crippen LogP contribution is 2.23. The van der Waals surface area contributed by atoms with Crippen LogP contribution >= 0.6 is 0 Å². The van der Waals surface area contributed by atoms with Gasteiger partial charge in [-0.05, 0) is 18.6 Å². The average Bonchev–Trinajstić information content (AvgIpc) is 2.38. The number of para-hydroxylation sites is 1. The first kappa shape index (κ1) is 12.4. The molecular formula is C12H14N2O4. The first-order valence-electron chi connectivity index (χ1n) is 5.66. The normalized spacial score (nSPS) is 17.7. The summed E-state index contributed by atoms with van der Waals surface area (Å²) in [7, 11) is 0. The molecule has 1 heterocycles. The number of nitrogens with zero attached hydrogens (tertiary/aromatic N) is 2. The average molecular weight is 250 g/mol. The van der Waals surface area contributed by atoms with Crippen molar-refractivity contribution < 1.29 is 19.8 Å². The molecule has 2 N–H and O–H groups in total. The Morgan fingerprint density at radius 3 is 2.56 bits per heavy atom. The summed E-state index contributed by atoms with van der Waals surface area (Å²) in [4.78, 5) is 22.6. The Morgan fingerprint density at radius 2 is 1.94 bits per heavy atom. The number of hydrazine groups is 1. The molecule has 1 aliphatic rings. The second-order valence-electron chi connectivity index (χ2n) is 4.01. The topological polar surface area (TPSA) is 81.1 Å². The third-order valence-electron chi connectivity index (χ3n) is 2.78. The molecule has 1 aliphatic heterocycles. The second kappa shape index (κ2) is 5.05. The van der Waals surface area contributed by atoms with Crippen molar-refractivity contribution in [2.24, 2.45) is 0 Å². The van der Waals surface area contributed by atoms with Gasteiger partial charge in [-0.2, -0.15) is 0 Å². The lowest BCUT2D eigenvalue weighted by molar-refractivity contribution is -0.167. The van der Waals surface area contributed by atoms with Gasteiger partial charge in [-0.15, -0.1) is 0 Å². The molecule has 0 aliphatic carbocycles. The number of hydrogen-bond donors (Lipinski definition) is 2. The molecule has 18 heavy (non-hydrogen) atoms. The number of benzene rings is 1. The number of aliphatic hydroxyl groups is 1. The van der Waals surface area contributed by atoms with Gasteiger partial charge in [0.25, 0.3) is 0 Å². The second-order valence-corrected chi connectivity index (χ2v) is 4.01. The summed E-state index contributed by atoms with van der Waals surface area (Å²) in [6.07, 6.45) is -0.970. The number of aliphatic hydroxyl groups excluding tert-OH is 1. The standard InChI is InChI=1S/C12H14N2O4/c15-10-7-4-8-13(9-5-2-1-3-6-9)14(10)11(16)12(17)18/h1-3,5-6,11,16H,4,7-8H2,(H,17,18)/t11-/m1/s1. The SMILES string of the molecule is O=C(O)[C@@H](O)N1C(=O)CCCN1c1ccccc1. The quantitative estimate of drug-likeness (QED) is 0.813. The van der Waals surface area contributed by atoms with Gasteiger partial charge in [-0.3, -0.25) is 9.80 Å². The lowest BCUT2D eigenvalue weighted by atomic mass is 10.2. The van der Waals surface area contributed by atoms with E-state index >= 15 is 0 Å². The third-order valence-corrected chi connectivity index (χ3v) is 2.78. The Hall–Kier alpha value is -2.08. The van der Waals surface area contributed by atoms with Crippen molar-refractivity contribution in [3.05, 3.63) is 30.3 Å². The Labute approximate surface area is 104 Å². The lowest BCUT2D eigenvalue weighted by Gasteiger charge is -2.40. The van der Waals surface area contributed by atoms with Crippen LogP contribution < -0.4 is 5.01 Å². The maximum Gasteiger partial charge on any atom is 0.355 e. The Morgan fingerprint density at radius 1 is 1.28 bits per heavy atom. The van der Waals surface area contributed by atoms with E-state index in [9.17, 15) is 14.7 Å². The molecule has 6 heteroatoms. The van der Waals surface area contributed by atoms with Gasteiger partial charge in [-0.25, -0.2) is 9.80 Å². The van der Waals surface area contributed by atoms with Crippen LogP contribution in [0, 0.1) is 0 Å². The summed E-state index contributed by atoms with van der Waals surface area (Å²) in [6, 6.07) is 8.94. The zero-order valence-electron chi connectivity index (χ0n) is 9.69. The Balaban J connectivity index is 2.31. The van der Waals surface area contributed by atoms with E-state index in [2.05, 4.69) is 0 Å². The van der Waals surface area contributed by atoms with E-state index in [0.717, 1.165) is 5.01 Å². The minimum atomic E-state index is -1.85. The van der Waals surface area contributed by atoms with Crippen molar-refractivity contribution in [1.82, 2.24) is 5.01 Å². The molecule has 96 valence electrons. The van der Waals surface area contributed by atoms with Gasteiger partial charge in [0.05, 0.1) is 5.69 Å². The summed E-state index contributed by atoms with van der Waals surface area (Å²) >= 11 is 0. The molecule has 0 aromatic heterocycles. The minimum Gasteiger partial charge on any atom is -0.478 e. The Kier molecular flexibility index (Phi) is 3.47. The molecule has 1 fully saturated rings. The fraction of sp³-hybridized carbons (Fsp3) is 0.333. The maximum absolute atomic E-state index is 11.8. The van der Waals surface area contributed by atoms with E-state index in [1.807, 2.05) is 6.07 Å². The van der Waals surface area contributed by atoms with Gasteiger partial charge in [0.2, 0.25) is 12.1 Å². The molecule has 1 aromatic carbocycles. The molecule has 0 radical (unpaired) electrons. The van der Waals surface area contributed by atoms with Crippen LogP contribution in [-0.2, 0) is 9.59 Å². The van der Waals surface area contributed by atoms with E-state index in [-0.39, 0.29) is 12.3 Å². The van der Waals surface area contributed by atoms with Gasteiger partial charge < -0.3 is 10.2 Å². The molecule has 1 atom stereocenters. The van der Waals surface area contributed by atoms with E-state index in [1.54, 1.807) is 24.3 Å². The highest BCUT2D eigenvalue weighted by Gasteiger charge is 2.35. The maximum atomic E-state index is 11.8. The van der Waals surface area contributed by atoms with E-state index < -0.39 is 12.2 Å². The van der Waals surface area contributed by atoms with Crippen molar-refractivity contribution in [2.75, 3.05) is 11.6 Å². The first-order chi connectivity index (χ1) is 8.61. The number of hydrogen-bond acceptors (Lipinski definition) is 4. The first-order valence-corrected chi connectivity index (χ1v) is 5.66. The number of anilines is 1. The zero-order chi connectivity index (χ0) is 13.1. The monoisotopic (exact) mass is 250 g/mol. The molecular weight excluding hydrogens is 236 g/mol. The van der Waals surface area contributed by atoms with Gasteiger partial charge in [-0.1, -0.05) is 18.2 Å².